The number of anilines is 1. The summed E-state index contributed by atoms with van der Waals surface area (Å²) in [6.07, 6.45) is 4.01. The van der Waals surface area contributed by atoms with Crippen molar-refractivity contribution in [1.29, 1.82) is 0 Å². The molecule has 0 aliphatic carbocycles. The number of piperazine rings is 1. The van der Waals surface area contributed by atoms with Crippen molar-refractivity contribution in [1.82, 2.24) is 30.3 Å². The molecule has 5 amide bonds. The van der Waals surface area contributed by atoms with Gasteiger partial charge in [-0.1, -0.05) is 30.3 Å². The molecule has 2 aliphatic heterocycles. The van der Waals surface area contributed by atoms with E-state index in [4.69, 9.17) is 4.42 Å². The fraction of sp³-hybridized carbons (Fsp3) is 0.333. The molecule has 4 aromatic rings. The van der Waals surface area contributed by atoms with E-state index in [1.54, 1.807) is 37.5 Å². The van der Waals surface area contributed by atoms with Crippen molar-refractivity contribution in [2.45, 2.75) is 31.8 Å². The van der Waals surface area contributed by atoms with E-state index in [2.05, 4.69) is 30.7 Å². The fourth-order valence-electron chi connectivity index (χ4n) is 6.40. The van der Waals surface area contributed by atoms with E-state index in [1.165, 1.54) is 4.90 Å². The SMILES string of the molecule is CC(CCC(=O)NC=O)N1C(=O)c2cccc(NCCN3CCN(CC(=O)NC(c4cccnc4)c4cc5ccccc5o4)CC3)c2C1=O. The smallest absolute Gasteiger partial charge is 0.263 e. The Morgan fingerprint density at radius 2 is 1.76 bits per heavy atom. The Labute approximate surface area is 283 Å². The van der Waals surface area contributed by atoms with Crippen molar-refractivity contribution in [3.8, 4) is 0 Å². The van der Waals surface area contributed by atoms with Crippen LogP contribution in [0.5, 0.6) is 0 Å². The second-order valence-electron chi connectivity index (χ2n) is 12.3. The number of hydrogen-bond acceptors (Lipinski definition) is 10. The number of benzene rings is 2. The van der Waals surface area contributed by atoms with Gasteiger partial charge in [0.2, 0.25) is 18.2 Å². The molecule has 1 saturated heterocycles. The van der Waals surface area contributed by atoms with Gasteiger partial charge in [0.15, 0.2) is 0 Å². The van der Waals surface area contributed by atoms with Crippen LogP contribution in [0.2, 0.25) is 0 Å². The molecule has 2 aromatic heterocycles. The number of amides is 5. The van der Waals surface area contributed by atoms with Gasteiger partial charge in [-0.2, -0.15) is 0 Å². The lowest BCUT2D eigenvalue weighted by molar-refractivity contribution is -0.125. The van der Waals surface area contributed by atoms with E-state index < -0.39 is 29.8 Å². The quantitative estimate of drug-likeness (QED) is 0.135. The summed E-state index contributed by atoms with van der Waals surface area (Å²) in [6, 6.07) is 17.7. The van der Waals surface area contributed by atoms with E-state index in [0.29, 0.717) is 42.1 Å². The lowest BCUT2D eigenvalue weighted by Gasteiger charge is -2.34. The summed E-state index contributed by atoms with van der Waals surface area (Å²) < 4.78 is 6.11. The van der Waals surface area contributed by atoms with Crippen molar-refractivity contribution < 1.29 is 28.4 Å². The van der Waals surface area contributed by atoms with Gasteiger partial charge < -0.3 is 15.1 Å². The van der Waals surface area contributed by atoms with Crippen LogP contribution >= 0.6 is 0 Å². The molecule has 2 aromatic carbocycles. The van der Waals surface area contributed by atoms with Crippen LogP contribution in [0.1, 0.15) is 57.8 Å². The van der Waals surface area contributed by atoms with Crippen molar-refractivity contribution in [3.05, 3.63) is 95.5 Å². The van der Waals surface area contributed by atoms with Gasteiger partial charge in [0.25, 0.3) is 11.8 Å². The molecule has 0 saturated carbocycles. The number of furan rings is 1. The highest BCUT2D eigenvalue weighted by atomic mass is 16.3. The predicted octanol–water partition coefficient (Wildman–Crippen LogP) is 2.80. The second kappa shape index (κ2) is 15.2. The summed E-state index contributed by atoms with van der Waals surface area (Å²) in [5, 5.41) is 9.53. The average molecular weight is 666 g/mol. The second-order valence-corrected chi connectivity index (χ2v) is 12.3. The van der Waals surface area contributed by atoms with Crippen LogP contribution in [-0.4, -0.2) is 102 Å². The molecule has 0 bridgehead atoms. The summed E-state index contributed by atoms with van der Waals surface area (Å²) in [7, 11) is 0. The molecule has 49 heavy (non-hydrogen) atoms. The Morgan fingerprint density at radius 1 is 0.959 bits per heavy atom. The van der Waals surface area contributed by atoms with Crippen molar-refractivity contribution >= 4 is 46.7 Å². The third-order valence-corrected chi connectivity index (χ3v) is 9.02. The van der Waals surface area contributed by atoms with Gasteiger partial charge >= 0.3 is 0 Å². The van der Waals surface area contributed by atoms with Crippen LogP contribution in [-0.2, 0) is 14.4 Å². The van der Waals surface area contributed by atoms with Gasteiger partial charge in [-0.05, 0) is 43.7 Å². The van der Waals surface area contributed by atoms with Crippen molar-refractivity contribution in [2.75, 3.05) is 51.1 Å². The maximum absolute atomic E-state index is 13.3. The highest BCUT2D eigenvalue weighted by Crippen LogP contribution is 2.32. The number of aromatic nitrogens is 1. The van der Waals surface area contributed by atoms with E-state index in [0.717, 1.165) is 42.7 Å². The lowest BCUT2D eigenvalue weighted by Crippen LogP contribution is -2.50. The fourth-order valence-corrected chi connectivity index (χ4v) is 6.40. The van der Waals surface area contributed by atoms with E-state index in [1.807, 2.05) is 42.5 Å². The van der Waals surface area contributed by atoms with Crippen LogP contribution in [0, 0.1) is 0 Å². The third kappa shape index (κ3) is 7.68. The summed E-state index contributed by atoms with van der Waals surface area (Å²) in [4.78, 5) is 71.8. The summed E-state index contributed by atoms with van der Waals surface area (Å²) in [6.45, 7) is 6.24. The first-order valence-electron chi connectivity index (χ1n) is 16.4. The maximum atomic E-state index is 13.3. The molecule has 6 rings (SSSR count). The van der Waals surface area contributed by atoms with Gasteiger partial charge in [-0.25, -0.2) is 0 Å². The molecule has 4 heterocycles. The largest absolute Gasteiger partial charge is 0.459 e. The minimum absolute atomic E-state index is 0.0186. The number of fused-ring (bicyclic) bond motifs is 2. The minimum atomic E-state index is -0.512. The Balaban J connectivity index is 0.986. The molecule has 13 heteroatoms. The molecular weight excluding hydrogens is 626 g/mol. The Hall–Kier alpha value is -5.40. The molecule has 2 atom stereocenters. The van der Waals surface area contributed by atoms with Gasteiger partial charge in [0, 0.05) is 80.8 Å². The number of hydrogen-bond donors (Lipinski definition) is 3. The normalized spacial score (nSPS) is 16.3. The molecule has 0 spiro atoms. The first kappa shape index (κ1) is 33.5. The molecular formula is C36H39N7O6. The molecule has 2 unspecified atom stereocenters. The van der Waals surface area contributed by atoms with Crippen molar-refractivity contribution in [2.24, 2.45) is 0 Å². The van der Waals surface area contributed by atoms with Crippen LogP contribution < -0.4 is 16.0 Å². The first-order valence-corrected chi connectivity index (χ1v) is 16.4. The van der Waals surface area contributed by atoms with Crippen molar-refractivity contribution in [3.63, 3.8) is 0 Å². The van der Waals surface area contributed by atoms with E-state index >= 15 is 0 Å². The van der Waals surface area contributed by atoms with Gasteiger partial charge in [-0.3, -0.25) is 49.0 Å². The monoisotopic (exact) mass is 665 g/mol. The van der Waals surface area contributed by atoms with E-state index in [9.17, 15) is 24.0 Å². The Morgan fingerprint density at radius 3 is 2.51 bits per heavy atom. The van der Waals surface area contributed by atoms with Crippen LogP contribution in [0.4, 0.5) is 5.69 Å². The number of imide groups is 2. The third-order valence-electron chi connectivity index (χ3n) is 9.02. The number of carbonyl (C=O) groups excluding carboxylic acids is 5. The Kier molecular flexibility index (Phi) is 10.4. The maximum Gasteiger partial charge on any atom is 0.263 e. The summed E-state index contributed by atoms with van der Waals surface area (Å²) in [5.41, 5.74) is 2.85. The number of rotatable bonds is 14. The number of nitrogens with zero attached hydrogens (tertiary/aromatic N) is 4. The lowest BCUT2D eigenvalue weighted by atomic mass is 10.1. The van der Waals surface area contributed by atoms with Gasteiger partial charge in [0.1, 0.15) is 17.4 Å². The molecule has 3 N–H and O–H groups in total. The van der Waals surface area contributed by atoms with Gasteiger partial charge in [-0.15, -0.1) is 0 Å². The number of nitrogens with one attached hydrogen (secondary N) is 3. The first-order chi connectivity index (χ1) is 23.8. The molecule has 0 radical (unpaired) electrons. The molecule has 254 valence electrons. The molecule has 2 aliphatic rings. The predicted molar refractivity (Wildman–Crippen MR) is 182 cm³/mol. The topological polar surface area (TPSA) is 157 Å². The van der Waals surface area contributed by atoms with Crippen LogP contribution in [0.15, 0.2) is 77.5 Å². The molecule has 13 nitrogen and oxygen atoms in total. The van der Waals surface area contributed by atoms with Crippen LogP contribution in [0.25, 0.3) is 11.0 Å². The molecule has 1 fully saturated rings. The standard InChI is InChI=1S/C36H39N7O6/c1-24(11-12-31(45)39-23-44)43-35(47)27-8-4-9-28(33(27)36(43)48)38-14-15-41-16-18-42(19-17-41)22-32(46)40-34(26-7-5-13-37-21-26)30-20-25-6-2-3-10-29(25)49-30/h2-10,13,20-21,23-24,34,38H,11-12,14-19,22H2,1H3,(H,40,46)(H,39,44,45). The summed E-state index contributed by atoms with van der Waals surface area (Å²) >= 11 is 0. The average Bonchev–Trinajstić information content (AvgIpc) is 3.66. The number of pyridine rings is 1. The highest BCUT2D eigenvalue weighted by Gasteiger charge is 2.40. The van der Waals surface area contributed by atoms with Gasteiger partial charge in [0.05, 0.1) is 17.7 Å². The zero-order valence-electron chi connectivity index (χ0n) is 27.3. The highest BCUT2D eigenvalue weighted by molar-refractivity contribution is 6.24. The zero-order chi connectivity index (χ0) is 34.3. The minimum Gasteiger partial charge on any atom is -0.459 e. The van der Waals surface area contributed by atoms with Crippen LogP contribution in [0.3, 0.4) is 0 Å². The number of para-hydroxylation sites is 1. The summed E-state index contributed by atoms with van der Waals surface area (Å²) in [5.74, 6) is -0.703. The van der Waals surface area contributed by atoms with E-state index in [-0.39, 0.29) is 25.3 Å². The number of carbonyl (C=O) groups is 5. The zero-order valence-corrected chi connectivity index (χ0v) is 27.3. The Bertz CT molecular complexity index is 1800.